The van der Waals surface area contributed by atoms with Crippen LogP contribution in [-0.4, -0.2) is 50.7 Å². The highest BCUT2D eigenvalue weighted by Crippen LogP contribution is 2.17. The molecule has 3 N–H and O–H groups in total. The van der Waals surface area contributed by atoms with E-state index >= 15 is 0 Å². The third kappa shape index (κ3) is 7.31. The van der Waals surface area contributed by atoms with Gasteiger partial charge in [-0.1, -0.05) is 0 Å². The van der Waals surface area contributed by atoms with Crippen molar-refractivity contribution in [3.63, 3.8) is 0 Å². The van der Waals surface area contributed by atoms with Gasteiger partial charge in [-0.25, -0.2) is 19.6 Å². The highest BCUT2D eigenvalue weighted by Gasteiger charge is 2.38. The van der Waals surface area contributed by atoms with Gasteiger partial charge in [0.1, 0.15) is 5.69 Å². The Morgan fingerprint density at radius 1 is 1.18 bits per heavy atom. The van der Waals surface area contributed by atoms with E-state index in [-0.39, 0.29) is 11.6 Å². The molecule has 0 bridgehead atoms. The number of aromatic carboxylic acids is 1. The standard InChI is InChI=1S/C14H15N3O3S.C2HF3O2/c1-8-12(21-9(2)17-8)5-6-15-13(18)10-3-4-11(14(19)20)16-7-10;3-2(4,5)1(6)7/h3-4,7H,5-6H2,1-2H3,(H,15,18)(H,19,20);(H,6,7). The number of carbonyl (C=O) groups excluding carboxylic acids is 1. The number of nitrogens with one attached hydrogen (secondary N) is 1. The van der Waals surface area contributed by atoms with E-state index in [1.807, 2.05) is 13.8 Å². The molecule has 0 atom stereocenters. The van der Waals surface area contributed by atoms with Gasteiger partial charge in [0.2, 0.25) is 0 Å². The predicted octanol–water partition coefficient (Wildman–Crippen LogP) is 2.46. The fourth-order valence-electron chi connectivity index (χ4n) is 1.85. The molecule has 0 aliphatic rings. The number of hydrogen-bond acceptors (Lipinski definition) is 6. The number of thiazole rings is 1. The number of aliphatic carboxylic acids is 1. The van der Waals surface area contributed by atoms with Crippen molar-refractivity contribution in [1.82, 2.24) is 15.3 Å². The normalized spacial score (nSPS) is 10.6. The first-order valence-electron chi connectivity index (χ1n) is 7.62. The number of aromatic nitrogens is 2. The highest BCUT2D eigenvalue weighted by molar-refractivity contribution is 7.11. The smallest absolute Gasteiger partial charge is 0.477 e. The molecule has 152 valence electrons. The molecule has 2 aromatic heterocycles. The fraction of sp³-hybridized carbons (Fsp3) is 0.312. The molecule has 28 heavy (non-hydrogen) atoms. The van der Waals surface area contributed by atoms with Crippen molar-refractivity contribution in [1.29, 1.82) is 0 Å². The van der Waals surface area contributed by atoms with Crippen molar-refractivity contribution in [2.45, 2.75) is 26.4 Å². The van der Waals surface area contributed by atoms with Crippen LogP contribution in [0.1, 0.15) is 36.4 Å². The van der Waals surface area contributed by atoms with Crippen LogP contribution in [0.5, 0.6) is 0 Å². The maximum atomic E-state index is 11.9. The first-order valence-corrected chi connectivity index (χ1v) is 8.44. The molecule has 1 amide bonds. The third-order valence-electron chi connectivity index (χ3n) is 3.12. The van der Waals surface area contributed by atoms with Crippen molar-refractivity contribution in [2.75, 3.05) is 6.54 Å². The van der Waals surface area contributed by atoms with Crippen LogP contribution in [0.2, 0.25) is 0 Å². The largest absolute Gasteiger partial charge is 0.490 e. The highest BCUT2D eigenvalue weighted by atomic mass is 32.1. The van der Waals surface area contributed by atoms with Gasteiger partial charge in [-0.05, 0) is 26.0 Å². The van der Waals surface area contributed by atoms with Crippen molar-refractivity contribution >= 4 is 29.2 Å². The lowest BCUT2D eigenvalue weighted by molar-refractivity contribution is -0.192. The third-order valence-corrected chi connectivity index (χ3v) is 4.26. The zero-order valence-corrected chi connectivity index (χ0v) is 15.5. The molecule has 2 heterocycles. The van der Waals surface area contributed by atoms with Crippen LogP contribution in [0.25, 0.3) is 0 Å². The van der Waals surface area contributed by atoms with E-state index in [1.165, 1.54) is 18.3 Å². The summed E-state index contributed by atoms with van der Waals surface area (Å²) < 4.78 is 31.7. The number of carboxylic acids is 2. The van der Waals surface area contributed by atoms with E-state index in [2.05, 4.69) is 15.3 Å². The van der Waals surface area contributed by atoms with E-state index in [0.717, 1.165) is 22.0 Å². The summed E-state index contributed by atoms with van der Waals surface area (Å²) in [4.78, 5) is 40.7. The Morgan fingerprint density at radius 2 is 1.79 bits per heavy atom. The van der Waals surface area contributed by atoms with Crippen molar-refractivity contribution < 1.29 is 37.8 Å². The topological polar surface area (TPSA) is 129 Å². The summed E-state index contributed by atoms with van der Waals surface area (Å²) in [6.45, 7) is 4.41. The molecule has 0 aliphatic carbocycles. The molecule has 0 spiro atoms. The lowest BCUT2D eigenvalue weighted by atomic mass is 10.2. The predicted molar refractivity (Wildman–Crippen MR) is 92.5 cm³/mol. The summed E-state index contributed by atoms with van der Waals surface area (Å²) in [6.07, 6.45) is -3.09. The molecule has 12 heteroatoms. The molecule has 0 aromatic carbocycles. The molecule has 0 radical (unpaired) electrons. The van der Waals surface area contributed by atoms with Gasteiger partial charge in [0, 0.05) is 24.0 Å². The molecular weight excluding hydrogens is 403 g/mol. The number of nitrogens with zero attached hydrogens (tertiary/aromatic N) is 2. The zero-order chi connectivity index (χ0) is 21.5. The van der Waals surface area contributed by atoms with E-state index in [0.29, 0.717) is 12.1 Å². The molecule has 0 aliphatic heterocycles. The second kappa shape index (κ2) is 9.78. The van der Waals surface area contributed by atoms with Crippen LogP contribution in [0.4, 0.5) is 13.2 Å². The van der Waals surface area contributed by atoms with Gasteiger partial charge in [-0.2, -0.15) is 13.2 Å². The molecule has 0 saturated carbocycles. The minimum Gasteiger partial charge on any atom is -0.477 e. The number of carboxylic acid groups (broad SMARTS) is 2. The Kier molecular flexibility index (Phi) is 8.04. The summed E-state index contributed by atoms with van der Waals surface area (Å²) in [6, 6.07) is 2.77. The van der Waals surface area contributed by atoms with Crippen molar-refractivity contribution in [2.24, 2.45) is 0 Å². The molecule has 2 aromatic rings. The quantitative estimate of drug-likeness (QED) is 0.679. The Balaban J connectivity index is 0.000000480. The summed E-state index contributed by atoms with van der Waals surface area (Å²) >= 11 is 1.63. The maximum absolute atomic E-state index is 11.9. The van der Waals surface area contributed by atoms with Crippen molar-refractivity contribution in [3.8, 4) is 0 Å². The van der Waals surface area contributed by atoms with Crippen LogP contribution < -0.4 is 5.32 Å². The molecule has 2 rings (SSSR count). The first-order chi connectivity index (χ1) is 12.9. The second-order valence-corrected chi connectivity index (χ2v) is 6.58. The average molecular weight is 419 g/mol. The molecule has 0 unspecified atom stereocenters. The SMILES string of the molecule is Cc1nc(C)c(CCNC(=O)c2ccc(C(=O)O)nc2)s1.O=C(O)C(F)(F)F. The Labute approximate surface area is 161 Å². The van der Waals surface area contributed by atoms with Gasteiger partial charge in [-0.3, -0.25) is 4.79 Å². The van der Waals surface area contributed by atoms with E-state index < -0.39 is 18.1 Å². The van der Waals surface area contributed by atoms with Gasteiger partial charge < -0.3 is 15.5 Å². The fourth-order valence-corrected chi connectivity index (χ4v) is 2.79. The van der Waals surface area contributed by atoms with Crippen LogP contribution in [-0.2, 0) is 11.2 Å². The number of amides is 1. The number of carbonyl (C=O) groups is 3. The summed E-state index contributed by atoms with van der Waals surface area (Å²) in [5.74, 6) is -4.14. The minimum absolute atomic E-state index is 0.0812. The Hall–Kier alpha value is -3.02. The Bertz CT molecular complexity index is 850. The van der Waals surface area contributed by atoms with Crippen molar-refractivity contribution in [3.05, 3.63) is 45.2 Å². The van der Waals surface area contributed by atoms with E-state index in [4.69, 9.17) is 15.0 Å². The second-order valence-electron chi connectivity index (χ2n) is 5.29. The first kappa shape index (κ1) is 23.0. The molecule has 0 saturated heterocycles. The molecular formula is C16H16F3N3O5S. The van der Waals surface area contributed by atoms with Crippen LogP contribution >= 0.6 is 11.3 Å². The average Bonchev–Trinajstić information content (AvgIpc) is 2.92. The van der Waals surface area contributed by atoms with Crippen LogP contribution in [0.15, 0.2) is 18.3 Å². The monoisotopic (exact) mass is 419 g/mol. The van der Waals surface area contributed by atoms with Crippen LogP contribution in [0, 0.1) is 13.8 Å². The number of pyridine rings is 1. The van der Waals surface area contributed by atoms with Gasteiger partial charge in [0.25, 0.3) is 5.91 Å². The number of hydrogen-bond donors (Lipinski definition) is 3. The van der Waals surface area contributed by atoms with Gasteiger partial charge >= 0.3 is 18.1 Å². The summed E-state index contributed by atoms with van der Waals surface area (Å²) in [5, 5.41) is 19.7. The minimum atomic E-state index is -5.08. The maximum Gasteiger partial charge on any atom is 0.490 e. The molecule has 0 fully saturated rings. The Morgan fingerprint density at radius 3 is 2.18 bits per heavy atom. The zero-order valence-electron chi connectivity index (χ0n) is 14.7. The van der Waals surface area contributed by atoms with Crippen LogP contribution in [0.3, 0.4) is 0 Å². The number of halogens is 3. The van der Waals surface area contributed by atoms with Gasteiger partial charge in [0.15, 0.2) is 0 Å². The summed E-state index contributed by atoms with van der Waals surface area (Å²) in [7, 11) is 0. The van der Waals surface area contributed by atoms with E-state index in [1.54, 1.807) is 11.3 Å². The summed E-state index contributed by atoms with van der Waals surface area (Å²) in [5.41, 5.74) is 1.26. The number of rotatable bonds is 5. The number of alkyl halides is 3. The molecule has 8 nitrogen and oxygen atoms in total. The lowest BCUT2D eigenvalue weighted by Gasteiger charge is -2.04. The van der Waals surface area contributed by atoms with E-state index in [9.17, 15) is 22.8 Å². The lowest BCUT2D eigenvalue weighted by Crippen LogP contribution is -2.25. The van der Waals surface area contributed by atoms with Gasteiger partial charge in [0.05, 0.1) is 16.3 Å². The van der Waals surface area contributed by atoms with Gasteiger partial charge in [-0.15, -0.1) is 11.3 Å². The number of aryl methyl sites for hydroxylation is 2.